The van der Waals surface area contributed by atoms with E-state index in [0.717, 1.165) is 23.3 Å². The number of rotatable bonds is 6. The predicted octanol–water partition coefficient (Wildman–Crippen LogP) is 3.86. The minimum atomic E-state index is -0.242. The van der Waals surface area contributed by atoms with Gasteiger partial charge in [-0.1, -0.05) is 23.9 Å². The average molecular weight is 455 g/mol. The maximum atomic E-state index is 13.1. The quantitative estimate of drug-likeness (QED) is 0.449. The van der Waals surface area contributed by atoms with Gasteiger partial charge in [-0.3, -0.25) is 14.2 Å². The Morgan fingerprint density at radius 3 is 2.97 bits per heavy atom. The first-order chi connectivity index (χ1) is 15.0. The van der Waals surface area contributed by atoms with E-state index >= 15 is 0 Å². The van der Waals surface area contributed by atoms with E-state index in [1.165, 1.54) is 23.1 Å². The molecule has 1 aromatic carbocycles. The van der Waals surface area contributed by atoms with Gasteiger partial charge in [-0.2, -0.15) is 5.26 Å². The zero-order valence-corrected chi connectivity index (χ0v) is 18.9. The lowest BCUT2D eigenvalue weighted by atomic mass is 10.2. The summed E-state index contributed by atoms with van der Waals surface area (Å²) in [4.78, 5) is 31.4. The average Bonchev–Trinajstić information content (AvgIpc) is 3.36. The molecule has 3 aromatic rings. The van der Waals surface area contributed by atoms with Crippen molar-refractivity contribution in [3.63, 3.8) is 0 Å². The smallest absolute Gasteiger partial charge is 0.262 e. The Bertz CT molecular complexity index is 1240. The lowest BCUT2D eigenvalue weighted by Gasteiger charge is -2.16. The molecule has 1 N–H and O–H groups in total. The molecule has 3 heterocycles. The van der Waals surface area contributed by atoms with Crippen molar-refractivity contribution in [2.75, 3.05) is 17.7 Å². The third kappa shape index (κ3) is 4.51. The van der Waals surface area contributed by atoms with Gasteiger partial charge in [0.2, 0.25) is 5.91 Å². The van der Waals surface area contributed by atoms with Crippen LogP contribution < -0.4 is 10.9 Å². The number of fused-ring (bicyclic) bond motifs is 1. The zero-order chi connectivity index (χ0) is 22.0. The van der Waals surface area contributed by atoms with E-state index in [1.807, 2.05) is 26.0 Å². The molecule has 31 heavy (non-hydrogen) atoms. The molecule has 1 amide bonds. The number of nitrogens with zero attached hydrogens (tertiary/aromatic N) is 3. The Morgan fingerprint density at radius 2 is 2.23 bits per heavy atom. The molecule has 7 nitrogen and oxygen atoms in total. The van der Waals surface area contributed by atoms with Crippen molar-refractivity contribution in [1.29, 1.82) is 5.26 Å². The van der Waals surface area contributed by atoms with Gasteiger partial charge in [0.25, 0.3) is 5.56 Å². The highest BCUT2D eigenvalue weighted by molar-refractivity contribution is 7.99. The second-order valence-corrected chi connectivity index (χ2v) is 9.57. The Hall–Kier alpha value is -2.67. The summed E-state index contributed by atoms with van der Waals surface area (Å²) in [5.41, 5.74) is 1.87. The summed E-state index contributed by atoms with van der Waals surface area (Å²) in [5, 5.41) is 13.8. The number of carbonyl (C=O) groups is 1. The normalized spacial score (nSPS) is 15.8. The SMILES string of the molecule is Cc1sc(NC(=O)CSc2nc3ccccc3c(=O)n2CC2CCCO2)c(C#N)c1C. The molecule has 2 aromatic heterocycles. The lowest BCUT2D eigenvalue weighted by molar-refractivity contribution is -0.113. The van der Waals surface area contributed by atoms with Gasteiger partial charge in [-0.05, 0) is 44.4 Å². The van der Waals surface area contributed by atoms with E-state index in [1.54, 1.807) is 16.7 Å². The Kier molecular flexibility index (Phi) is 6.41. The zero-order valence-electron chi connectivity index (χ0n) is 17.3. The van der Waals surface area contributed by atoms with E-state index in [2.05, 4.69) is 16.4 Å². The van der Waals surface area contributed by atoms with Crippen molar-refractivity contribution >= 4 is 44.9 Å². The predicted molar refractivity (Wildman–Crippen MR) is 123 cm³/mol. The fourth-order valence-electron chi connectivity index (χ4n) is 3.55. The molecule has 1 aliphatic rings. The molecule has 0 spiro atoms. The Morgan fingerprint density at radius 1 is 1.42 bits per heavy atom. The number of hydrogen-bond acceptors (Lipinski definition) is 7. The minimum Gasteiger partial charge on any atom is -0.376 e. The summed E-state index contributed by atoms with van der Waals surface area (Å²) in [6, 6.07) is 9.38. The molecule has 9 heteroatoms. The van der Waals surface area contributed by atoms with Crippen molar-refractivity contribution in [2.24, 2.45) is 0 Å². The number of thiophene rings is 1. The molecule has 0 radical (unpaired) electrons. The molecule has 1 fully saturated rings. The van der Waals surface area contributed by atoms with Crippen LogP contribution in [-0.4, -0.2) is 33.9 Å². The van der Waals surface area contributed by atoms with Gasteiger partial charge < -0.3 is 10.1 Å². The Labute approximate surface area is 188 Å². The van der Waals surface area contributed by atoms with Gasteiger partial charge in [-0.25, -0.2) is 4.98 Å². The van der Waals surface area contributed by atoms with Gasteiger partial charge in [-0.15, -0.1) is 11.3 Å². The highest BCUT2D eigenvalue weighted by atomic mass is 32.2. The van der Waals surface area contributed by atoms with Crippen molar-refractivity contribution in [3.05, 3.63) is 50.6 Å². The monoisotopic (exact) mass is 454 g/mol. The second-order valence-electron chi connectivity index (χ2n) is 7.40. The number of hydrogen-bond donors (Lipinski definition) is 1. The molecule has 1 atom stereocenters. The van der Waals surface area contributed by atoms with Gasteiger partial charge in [0.05, 0.1) is 34.9 Å². The summed E-state index contributed by atoms with van der Waals surface area (Å²) < 4.78 is 7.34. The number of anilines is 1. The standard InChI is InChI=1S/C22H22N4O3S2/c1-13-14(2)31-20(17(13)10-23)25-19(27)12-30-22-24-18-8-4-3-7-16(18)21(28)26(22)11-15-6-5-9-29-15/h3-4,7-8,15H,5-6,9,11-12H2,1-2H3,(H,25,27). The number of thioether (sulfide) groups is 1. The number of ether oxygens (including phenoxy) is 1. The van der Waals surface area contributed by atoms with Gasteiger partial charge in [0, 0.05) is 11.5 Å². The van der Waals surface area contributed by atoms with Gasteiger partial charge >= 0.3 is 0 Å². The van der Waals surface area contributed by atoms with E-state index in [9.17, 15) is 14.9 Å². The molecule has 160 valence electrons. The third-order valence-electron chi connectivity index (χ3n) is 5.32. The number of amides is 1. The van der Waals surface area contributed by atoms with Crippen LogP contribution in [0.4, 0.5) is 5.00 Å². The van der Waals surface area contributed by atoms with Crippen molar-refractivity contribution in [3.8, 4) is 6.07 Å². The van der Waals surface area contributed by atoms with Crippen molar-refractivity contribution in [1.82, 2.24) is 9.55 Å². The number of nitrogens with one attached hydrogen (secondary N) is 1. The van der Waals surface area contributed by atoms with Crippen LogP contribution in [0.25, 0.3) is 10.9 Å². The second kappa shape index (κ2) is 9.22. The van der Waals surface area contributed by atoms with Crippen LogP contribution in [0.15, 0.2) is 34.2 Å². The molecule has 0 aliphatic carbocycles. The van der Waals surface area contributed by atoms with Crippen LogP contribution in [0.2, 0.25) is 0 Å². The van der Waals surface area contributed by atoms with Crippen LogP contribution >= 0.6 is 23.1 Å². The van der Waals surface area contributed by atoms with Gasteiger partial charge in [0.1, 0.15) is 11.1 Å². The van der Waals surface area contributed by atoms with Crippen LogP contribution in [0.1, 0.15) is 28.8 Å². The number of carbonyl (C=O) groups excluding carboxylic acids is 1. The summed E-state index contributed by atoms with van der Waals surface area (Å²) in [7, 11) is 0. The molecule has 1 saturated heterocycles. The summed E-state index contributed by atoms with van der Waals surface area (Å²) in [6.45, 7) is 4.92. The first-order valence-corrected chi connectivity index (χ1v) is 11.8. The fourth-order valence-corrected chi connectivity index (χ4v) is 5.39. The van der Waals surface area contributed by atoms with E-state index in [4.69, 9.17) is 4.74 Å². The highest BCUT2D eigenvalue weighted by Crippen LogP contribution is 2.32. The van der Waals surface area contributed by atoms with Crippen LogP contribution in [0.3, 0.4) is 0 Å². The molecule has 4 rings (SSSR count). The van der Waals surface area contributed by atoms with Crippen LogP contribution in [-0.2, 0) is 16.1 Å². The van der Waals surface area contributed by atoms with Crippen LogP contribution in [0.5, 0.6) is 0 Å². The van der Waals surface area contributed by atoms with E-state index in [0.29, 0.717) is 39.8 Å². The summed E-state index contributed by atoms with van der Waals surface area (Å²) in [6.07, 6.45) is 1.86. The van der Waals surface area contributed by atoms with Crippen molar-refractivity contribution in [2.45, 2.75) is 44.5 Å². The van der Waals surface area contributed by atoms with E-state index in [-0.39, 0.29) is 23.3 Å². The number of benzene rings is 1. The van der Waals surface area contributed by atoms with E-state index < -0.39 is 0 Å². The maximum Gasteiger partial charge on any atom is 0.262 e. The molecule has 1 unspecified atom stereocenters. The highest BCUT2D eigenvalue weighted by Gasteiger charge is 2.21. The fraction of sp³-hybridized carbons (Fsp3) is 0.364. The molecule has 1 aliphatic heterocycles. The number of aromatic nitrogens is 2. The molecule has 0 bridgehead atoms. The minimum absolute atomic E-state index is 0.0240. The molecule has 0 saturated carbocycles. The molecular weight excluding hydrogens is 432 g/mol. The number of aryl methyl sites for hydroxylation is 1. The largest absolute Gasteiger partial charge is 0.376 e. The van der Waals surface area contributed by atoms with Crippen LogP contribution in [0, 0.1) is 25.2 Å². The third-order valence-corrected chi connectivity index (χ3v) is 7.42. The Balaban J connectivity index is 1.57. The first-order valence-electron chi connectivity index (χ1n) is 10.0. The number of nitriles is 1. The molecular formula is C22H22N4O3S2. The lowest BCUT2D eigenvalue weighted by Crippen LogP contribution is -2.29. The van der Waals surface area contributed by atoms with Gasteiger partial charge in [0.15, 0.2) is 5.16 Å². The maximum absolute atomic E-state index is 13.1. The van der Waals surface area contributed by atoms with Crippen molar-refractivity contribution < 1.29 is 9.53 Å². The topological polar surface area (TPSA) is 97.0 Å². The summed E-state index contributed by atoms with van der Waals surface area (Å²) >= 11 is 2.61. The first kappa shape index (κ1) is 21.6. The summed E-state index contributed by atoms with van der Waals surface area (Å²) in [5.74, 6) is -0.161. The number of para-hydroxylation sites is 1.